The van der Waals surface area contributed by atoms with Crippen LogP contribution in [0.15, 0.2) is 0 Å². The van der Waals surface area contributed by atoms with E-state index in [1.165, 1.54) is 0 Å². The van der Waals surface area contributed by atoms with Crippen LogP contribution in [0.25, 0.3) is 0 Å². The van der Waals surface area contributed by atoms with Gasteiger partial charge in [0, 0.05) is 0 Å². The number of rotatable bonds is 0. The first-order valence-electron chi connectivity index (χ1n) is 2.48. The molecular weight excluding hydrogens is 142 g/mol. The van der Waals surface area contributed by atoms with Gasteiger partial charge in [0.05, 0.1) is 0 Å². The first-order chi connectivity index (χ1) is 4.55. The minimum atomic E-state index is -1.82. The molecule has 0 bridgehead atoms. The minimum Gasteiger partial charge on any atom is -0.380 e. The molecule has 1 saturated heterocycles. The summed E-state index contributed by atoms with van der Waals surface area (Å²) in [4.78, 5) is 20.7. The second-order valence-electron chi connectivity index (χ2n) is 1.88. The van der Waals surface area contributed by atoms with Crippen molar-refractivity contribution in [2.24, 2.45) is 0 Å². The van der Waals surface area contributed by atoms with Crippen LogP contribution in [0.2, 0.25) is 0 Å². The summed E-state index contributed by atoms with van der Waals surface area (Å²) in [6.45, 7) is 0. The van der Waals surface area contributed by atoms with E-state index in [4.69, 9.17) is 15.4 Å². The predicted molar refractivity (Wildman–Crippen MR) is 25.7 cm³/mol. The van der Waals surface area contributed by atoms with E-state index in [1.54, 1.807) is 0 Å². The van der Waals surface area contributed by atoms with Crippen molar-refractivity contribution < 1.29 is 25.0 Å². The van der Waals surface area contributed by atoms with Crippen molar-refractivity contribution >= 4 is 11.8 Å². The van der Waals surface area contributed by atoms with Gasteiger partial charge in [-0.25, -0.2) is 0 Å². The Hall–Kier alpha value is -0.980. The molecule has 2 atom stereocenters. The van der Waals surface area contributed by atoms with E-state index in [-0.39, 0.29) is 5.06 Å². The lowest BCUT2D eigenvalue weighted by Crippen LogP contribution is -2.28. The number of hydrogen-bond acceptors (Lipinski definition) is 5. The van der Waals surface area contributed by atoms with E-state index in [9.17, 15) is 9.59 Å². The zero-order valence-corrected chi connectivity index (χ0v) is 4.76. The summed E-state index contributed by atoms with van der Waals surface area (Å²) >= 11 is 0. The van der Waals surface area contributed by atoms with Gasteiger partial charge in [0.1, 0.15) is 0 Å². The molecule has 0 unspecified atom stereocenters. The second-order valence-corrected chi connectivity index (χ2v) is 1.88. The molecule has 0 aromatic heterocycles. The van der Waals surface area contributed by atoms with Gasteiger partial charge in [-0.05, 0) is 0 Å². The number of aliphatic hydroxyl groups excluding tert-OH is 2. The molecule has 2 amide bonds. The Kier molecular flexibility index (Phi) is 1.43. The van der Waals surface area contributed by atoms with Crippen LogP contribution in [0.1, 0.15) is 0 Å². The molecule has 0 saturated carbocycles. The second kappa shape index (κ2) is 2.01. The van der Waals surface area contributed by atoms with Crippen LogP contribution in [0.5, 0.6) is 0 Å². The summed E-state index contributed by atoms with van der Waals surface area (Å²) in [6.07, 6.45) is -3.64. The van der Waals surface area contributed by atoms with Gasteiger partial charge in [-0.2, -0.15) is 5.06 Å². The maximum atomic E-state index is 10.4. The molecule has 10 heavy (non-hydrogen) atoms. The lowest BCUT2D eigenvalue weighted by molar-refractivity contribution is -0.174. The Morgan fingerprint density at radius 3 is 1.50 bits per heavy atom. The molecule has 1 heterocycles. The van der Waals surface area contributed by atoms with Crippen LogP contribution in [-0.4, -0.2) is 44.5 Å². The van der Waals surface area contributed by atoms with Crippen molar-refractivity contribution in [3.63, 3.8) is 0 Å². The SMILES string of the molecule is O=C1[C@H](O)[C@@H](O)C(=O)N1O. The van der Waals surface area contributed by atoms with E-state index in [2.05, 4.69) is 0 Å². The third-order valence-corrected chi connectivity index (χ3v) is 1.22. The molecular formula is C4H5NO5. The van der Waals surface area contributed by atoms with E-state index < -0.39 is 24.0 Å². The Balaban J connectivity index is 2.89. The van der Waals surface area contributed by atoms with Crippen LogP contribution in [0, 0.1) is 0 Å². The van der Waals surface area contributed by atoms with Crippen molar-refractivity contribution in [1.82, 2.24) is 5.06 Å². The number of amides is 2. The zero-order valence-electron chi connectivity index (χ0n) is 4.76. The minimum absolute atomic E-state index is 0.296. The smallest absolute Gasteiger partial charge is 0.285 e. The summed E-state index contributed by atoms with van der Waals surface area (Å²) < 4.78 is 0. The molecule has 6 nitrogen and oxygen atoms in total. The molecule has 0 aromatic rings. The molecule has 6 heteroatoms. The first-order valence-corrected chi connectivity index (χ1v) is 2.48. The third-order valence-electron chi connectivity index (χ3n) is 1.22. The lowest BCUT2D eigenvalue weighted by Gasteiger charge is -1.99. The van der Waals surface area contributed by atoms with Gasteiger partial charge in [0.15, 0.2) is 12.2 Å². The molecule has 0 radical (unpaired) electrons. The van der Waals surface area contributed by atoms with Gasteiger partial charge in [0.2, 0.25) is 0 Å². The number of nitrogens with zero attached hydrogens (tertiary/aromatic N) is 1. The molecule has 1 aliphatic rings. The summed E-state index contributed by atoms with van der Waals surface area (Å²) in [6, 6.07) is 0. The van der Waals surface area contributed by atoms with E-state index >= 15 is 0 Å². The molecule has 56 valence electrons. The van der Waals surface area contributed by atoms with Crippen LogP contribution < -0.4 is 0 Å². The Morgan fingerprint density at radius 2 is 1.40 bits per heavy atom. The Morgan fingerprint density at radius 1 is 1.10 bits per heavy atom. The molecule has 0 aliphatic carbocycles. The van der Waals surface area contributed by atoms with Gasteiger partial charge in [-0.3, -0.25) is 14.8 Å². The molecule has 1 aliphatic heterocycles. The predicted octanol–water partition coefficient (Wildman–Crippen LogP) is -2.53. The van der Waals surface area contributed by atoms with Crippen LogP contribution in [-0.2, 0) is 9.59 Å². The number of carbonyl (C=O) groups is 2. The van der Waals surface area contributed by atoms with Crippen molar-refractivity contribution in [2.75, 3.05) is 0 Å². The molecule has 0 spiro atoms. The summed E-state index contributed by atoms with van der Waals surface area (Å²) in [5.74, 6) is -2.39. The number of hydroxylamine groups is 2. The van der Waals surface area contributed by atoms with Gasteiger partial charge in [0.25, 0.3) is 11.8 Å². The summed E-state index contributed by atoms with van der Waals surface area (Å²) in [7, 11) is 0. The van der Waals surface area contributed by atoms with Gasteiger partial charge >= 0.3 is 0 Å². The highest BCUT2D eigenvalue weighted by molar-refractivity contribution is 6.06. The fourth-order valence-corrected chi connectivity index (χ4v) is 0.629. The van der Waals surface area contributed by atoms with E-state index in [0.717, 1.165) is 0 Å². The number of imide groups is 1. The molecule has 3 N–H and O–H groups in total. The maximum absolute atomic E-state index is 10.4. The average Bonchev–Trinajstić information content (AvgIpc) is 2.07. The highest BCUT2D eigenvalue weighted by atomic mass is 16.5. The maximum Gasteiger partial charge on any atom is 0.285 e. The largest absolute Gasteiger partial charge is 0.380 e. The average molecular weight is 147 g/mol. The highest BCUT2D eigenvalue weighted by Gasteiger charge is 2.45. The summed E-state index contributed by atoms with van der Waals surface area (Å²) in [5.41, 5.74) is 0. The van der Waals surface area contributed by atoms with E-state index in [0.29, 0.717) is 0 Å². The monoisotopic (exact) mass is 147 g/mol. The van der Waals surface area contributed by atoms with Crippen LogP contribution in [0.4, 0.5) is 0 Å². The fourth-order valence-electron chi connectivity index (χ4n) is 0.629. The topological polar surface area (TPSA) is 98.1 Å². The molecule has 1 rings (SSSR count). The lowest BCUT2D eigenvalue weighted by atomic mass is 10.2. The quantitative estimate of drug-likeness (QED) is 0.259. The van der Waals surface area contributed by atoms with Crippen LogP contribution >= 0.6 is 0 Å². The standard InChI is InChI=1S/C4H5NO5/c6-1-2(7)4(9)5(10)3(1)8/h1-2,6-7,10H/t1-,2-/m1/s1. The van der Waals surface area contributed by atoms with Gasteiger partial charge in [-0.1, -0.05) is 0 Å². The Labute approximate surface area is 55.2 Å². The number of aliphatic hydroxyl groups is 2. The highest BCUT2D eigenvalue weighted by Crippen LogP contribution is 2.10. The zero-order chi connectivity index (χ0) is 7.89. The fraction of sp³-hybridized carbons (Fsp3) is 0.500. The molecule has 0 aromatic carbocycles. The summed E-state index contributed by atoms with van der Waals surface area (Å²) in [5, 5.41) is 25.3. The first kappa shape index (κ1) is 7.13. The van der Waals surface area contributed by atoms with Crippen molar-refractivity contribution in [3.05, 3.63) is 0 Å². The third kappa shape index (κ3) is 0.703. The van der Waals surface area contributed by atoms with Crippen molar-refractivity contribution in [1.29, 1.82) is 0 Å². The van der Waals surface area contributed by atoms with Gasteiger partial charge < -0.3 is 10.2 Å². The van der Waals surface area contributed by atoms with Crippen molar-refractivity contribution in [3.8, 4) is 0 Å². The molecule has 1 fully saturated rings. The number of hydrogen-bond donors (Lipinski definition) is 3. The van der Waals surface area contributed by atoms with Gasteiger partial charge in [-0.15, -0.1) is 0 Å². The van der Waals surface area contributed by atoms with Crippen molar-refractivity contribution in [2.45, 2.75) is 12.2 Å². The van der Waals surface area contributed by atoms with Crippen LogP contribution in [0.3, 0.4) is 0 Å². The Bertz CT molecular complexity index is 170. The van der Waals surface area contributed by atoms with E-state index in [1.807, 2.05) is 0 Å². The normalized spacial score (nSPS) is 33.7. The number of carbonyl (C=O) groups excluding carboxylic acids is 2.